The van der Waals surface area contributed by atoms with E-state index in [4.69, 9.17) is 0 Å². The van der Waals surface area contributed by atoms with E-state index in [1.807, 2.05) is 0 Å². The predicted octanol–water partition coefficient (Wildman–Crippen LogP) is 4.99. The van der Waals surface area contributed by atoms with Crippen LogP contribution in [0.5, 0.6) is 0 Å². The highest BCUT2D eigenvalue weighted by Gasteiger charge is 2.53. The fraction of sp³-hybridized carbons (Fsp3) is 0.125. The van der Waals surface area contributed by atoms with Crippen molar-refractivity contribution >= 4 is 15.6 Å². The van der Waals surface area contributed by atoms with Gasteiger partial charge in [-0.15, -0.1) is 0 Å². The lowest BCUT2D eigenvalue weighted by Gasteiger charge is -2.18. The Morgan fingerprint density at radius 3 is 2.00 bits per heavy atom. The van der Waals surface area contributed by atoms with Gasteiger partial charge in [-0.2, -0.15) is 8.78 Å². The summed E-state index contributed by atoms with van der Waals surface area (Å²) in [6.45, 7) is 0. The number of carbonyl (C=O) groups is 1. The maximum atomic E-state index is 14.7. The lowest BCUT2D eigenvalue weighted by atomic mass is 9.94. The number of alkyl halides is 2. The predicted molar refractivity (Wildman–Crippen MR) is 111 cm³/mol. The molecule has 0 aliphatic rings. The molecule has 7 heteroatoms. The molecule has 0 aromatic heterocycles. The third-order valence-electron chi connectivity index (χ3n) is 4.54. The molecule has 0 saturated heterocycles. The molecule has 0 radical (unpaired) electrons. The molecule has 0 heterocycles. The minimum atomic E-state index is -5.21. The van der Waals surface area contributed by atoms with E-state index in [2.05, 4.69) is 11.8 Å². The Morgan fingerprint density at radius 2 is 1.42 bits per heavy atom. The maximum absolute atomic E-state index is 14.7. The number of hydrogen-bond donors (Lipinski definition) is 0. The van der Waals surface area contributed by atoms with Gasteiger partial charge in [0.05, 0.1) is 10.8 Å². The molecular weight excluding hydrogens is 425 g/mol. The van der Waals surface area contributed by atoms with Gasteiger partial charge in [-0.25, -0.2) is 12.8 Å². The van der Waals surface area contributed by atoms with Crippen molar-refractivity contribution in [3.05, 3.63) is 102 Å². The number of carbonyl (C=O) groups excluding carboxylic acids is 1. The highest BCUT2D eigenvalue weighted by atomic mass is 32.2. The molecule has 0 fully saturated rings. The average molecular weight is 442 g/mol. The van der Waals surface area contributed by atoms with E-state index in [9.17, 15) is 26.4 Å². The molecule has 3 aromatic carbocycles. The number of benzene rings is 3. The number of sulfone groups is 1. The van der Waals surface area contributed by atoms with Crippen LogP contribution >= 0.6 is 0 Å². The van der Waals surface area contributed by atoms with Crippen molar-refractivity contribution in [3.63, 3.8) is 0 Å². The Hall–Kier alpha value is -3.37. The van der Waals surface area contributed by atoms with Crippen molar-refractivity contribution < 1.29 is 26.4 Å². The standard InChI is InChI=1S/C24H17F3O3S/c25-21-15-12-18(13-16-21)11-14-20(19-7-3-1-4-8-19)17-23(28)24(26,27)31(29,30)22-9-5-2-6-10-22/h1-10,12-13,15-16,20H,17H2/t20-/m1/s1. The van der Waals surface area contributed by atoms with Gasteiger partial charge in [-0.05, 0) is 42.0 Å². The van der Waals surface area contributed by atoms with Crippen LogP contribution in [-0.4, -0.2) is 19.5 Å². The van der Waals surface area contributed by atoms with E-state index < -0.39 is 43.9 Å². The number of Topliss-reactive ketones (excluding diaryl/α,β-unsaturated/α-hetero) is 1. The number of halogens is 3. The zero-order valence-corrected chi connectivity index (χ0v) is 17.0. The first-order valence-electron chi connectivity index (χ1n) is 9.24. The molecule has 3 nitrogen and oxygen atoms in total. The van der Waals surface area contributed by atoms with E-state index in [0.29, 0.717) is 11.1 Å². The summed E-state index contributed by atoms with van der Waals surface area (Å²) in [6.07, 6.45) is -0.808. The molecule has 1 atom stereocenters. The van der Waals surface area contributed by atoms with Gasteiger partial charge in [0.1, 0.15) is 5.82 Å². The Balaban J connectivity index is 1.92. The molecule has 3 aromatic rings. The van der Waals surface area contributed by atoms with Gasteiger partial charge < -0.3 is 0 Å². The summed E-state index contributed by atoms with van der Waals surface area (Å²) >= 11 is 0. The molecule has 0 N–H and O–H groups in total. The summed E-state index contributed by atoms with van der Waals surface area (Å²) in [6, 6.07) is 19.6. The SMILES string of the molecule is O=C(C[C@@H](C#Cc1ccc(F)cc1)c1ccccc1)C(F)(F)S(=O)(=O)c1ccccc1. The molecule has 31 heavy (non-hydrogen) atoms. The summed E-state index contributed by atoms with van der Waals surface area (Å²) in [5, 5.41) is -4.61. The van der Waals surface area contributed by atoms with Crippen molar-refractivity contribution in [2.24, 2.45) is 0 Å². The van der Waals surface area contributed by atoms with Crippen LogP contribution in [-0.2, 0) is 14.6 Å². The monoisotopic (exact) mass is 442 g/mol. The second-order valence-corrected chi connectivity index (χ2v) is 8.69. The Morgan fingerprint density at radius 1 is 0.871 bits per heavy atom. The van der Waals surface area contributed by atoms with Crippen LogP contribution < -0.4 is 0 Å². The zero-order chi connectivity index (χ0) is 22.5. The first-order valence-corrected chi connectivity index (χ1v) is 10.7. The molecular formula is C24H17F3O3S. The van der Waals surface area contributed by atoms with Gasteiger partial charge in [-0.1, -0.05) is 60.4 Å². The van der Waals surface area contributed by atoms with Gasteiger partial charge >= 0.3 is 5.25 Å². The van der Waals surface area contributed by atoms with Crippen LogP contribution in [0.25, 0.3) is 0 Å². The topological polar surface area (TPSA) is 51.2 Å². The molecule has 0 saturated carbocycles. The lowest BCUT2D eigenvalue weighted by Crippen LogP contribution is -2.38. The third-order valence-corrected chi connectivity index (χ3v) is 6.34. The summed E-state index contributed by atoms with van der Waals surface area (Å²) in [4.78, 5) is 11.8. The zero-order valence-electron chi connectivity index (χ0n) is 16.1. The lowest BCUT2D eigenvalue weighted by molar-refractivity contribution is -0.133. The highest BCUT2D eigenvalue weighted by molar-refractivity contribution is 7.93. The van der Waals surface area contributed by atoms with E-state index in [1.165, 1.54) is 42.5 Å². The van der Waals surface area contributed by atoms with E-state index in [-0.39, 0.29) is 0 Å². The fourth-order valence-corrected chi connectivity index (χ4v) is 4.04. The molecule has 0 bridgehead atoms. The molecule has 0 unspecified atom stereocenters. The normalized spacial score (nSPS) is 12.5. The number of ketones is 1. The molecule has 0 amide bonds. The van der Waals surface area contributed by atoms with E-state index >= 15 is 0 Å². The van der Waals surface area contributed by atoms with Crippen molar-refractivity contribution in [3.8, 4) is 11.8 Å². The number of hydrogen-bond acceptors (Lipinski definition) is 3. The van der Waals surface area contributed by atoms with Gasteiger partial charge in [-0.3, -0.25) is 4.79 Å². The van der Waals surface area contributed by atoms with Gasteiger partial charge in [0.25, 0.3) is 9.84 Å². The van der Waals surface area contributed by atoms with Gasteiger partial charge in [0.2, 0.25) is 5.78 Å². The second-order valence-electron chi connectivity index (χ2n) is 6.70. The summed E-state index contributed by atoms with van der Waals surface area (Å²) < 4.78 is 67.3. The van der Waals surface area contributed by atoms with Gasteiger partial charge in [0.15, 0.2) is 0 Å². The maximum Gasteiger partial charge on any atom is 0.406 e. The summed E-state index contributed by atoms with van der Waals surface area (Å²) in [5.41, 5.74) is 0.914. The number of rotatable bonds is 6. The first-order chi connectivity index (χ1) is 14.7. The van der Waals surface area contributed by atoms with Crippen molar-refractivity contribution in [1.82, 2.24) is 0 Å². The molecule has 3 rings (SSSR count). The van der Waals surface area contributed by atoms with E-state index in [0.717, 1.165) is 12.1 Å². The highest BCUT2D eigenvalue weighted by Crippen LogP contribution is 2.33. The van der Waals surface area contributed by atoms with Crippen molar-refractivity contribution in [2.45, 2.75) is 22.5 Å². The van der Waals surface area contributed by atoms with Crippen LogP contribution in [0.3, 0.4) is 0 Å². The third kappa shape index (κ3) is 5.04. The van der Waals surface area contributed by atoms with Gasteiger partial charge in [0, 0.05) is 12.0 Å². The van der Waals surface area contributed by atoms with Crippen LogP contribution in [0, 0.1) is 17.7 Å². The largest absolute Gasteiger partial charge is 0.406 e. The van der Waals surface area contributed by atoms with E-state index in [1.54, 1.807) is 30.3 Å². The Bertz CT molecular complexity index is 1210. The Labute approximate surface area is 178 Å². The van der Waals surface area contributed by atoms with Crippen molar-refractivity contribution in [2.75, 3.05) is 0 Å². The average Bonchev–Trinajstić information content (AvgIpc) is 2.78. The van der Waals surface area contributed by atoms with Crippen LogP contribution in [0.2, 0.25) is 0 Å². The van der Waals surface area contributed by atoms with Crippen LogP contribution in [0.4, 0.5) is 13.2 Å². The minimum absolute atomic E-state index is 0.429. The molecule has 158 valence electrons. The fourth-order valence-electron chi connectivity index (χ4n) is 2.84. The molecule has 0 spiro atoms. The quantitative estimate of drug-likeness (QED) is 0.506. The minimum Gasteiger partial charge on any atom is -0.292 e. The second kappa shape index (κ2) is 9.19. The summed E-state index contributed by atoms with van der Waals surface area (Å²) in [5.74, 6) is 2.30. The Kier molecular flexibility index (Phi) is 6.62. The first kappa shape index (κ1) is 22.3. The van der Waals surface area contributed by atoms with Crippen molar-refractivity contribution in [1.29, 1.82) is 0 Å². The molecule has 0 aliphatic heterocycles. The summed E-state index contributed by atoms with van der Waals surface area (Å²) in [7, 11) is -5.21. The molecule has 0 aliphatic carbocycles. The van der Waals surface area contributed by atoms with Crippen LogP contribution in [0.15, 0.2) is 89.8 Å². The van der Waals surface area contributed by atoms with Crippen LogP contribution in [0.1, 0.15) is 23.5 Å². The smallest absolute Gasteiger partial charge is 0.292 e.